The maximum absolute atomic E-state index is 11.4. The van der Waals surface area contributed by atoms with Crippen LogP contribution in [0, 0.1) is 0 Å². The molecule has 0 aliphatic heterocycles. The summed E-state index contributed by atoms with van der Waals surface area (Å²) in [6, 6.07) is 13.2. The van der Waals surface area contributed by atoms with E-state index in [0.717, 1.165) is 33.8 Å². The Kier molecular flexibility index (Phi) is 2.45. The first-order valence-corrected chi connectivity index (χ1v) is 5.65. The molecule has 3 rings (SSSR count). The minimum Gasteiger partial charge on any atom is -0.497 e. The zero-order valence-corrected chi connectivity index (χ0v) is 9.88. The van der Waals surface area contributed by atoms with Gasteiger partial charge in [0.05, 0.1) is 18.1 Å². The predicted molar refractivity (Wildman–Crippen MR) is 71.2 cm³/mol. The summed E-state index contributed by atoms with van der Waals surface area (Å²) in [4.78, 5) is 15.9. The molecule has 0 N–H and O–H groups in total. The minimum atomic E-state index is 0.662. The first kappa shape index (κ1) is 10.7. The lowest BCUT2D eigenvalue weighted by Crippen LogP contribution is -1.92. The number of aromatic nitrogens is 1. The van der Waals surface area contributed by atoms with Crippen LogP contribution in [0.25, 0.3) is 21.8 Å². The Balaban J connectivity index is 2.50. The number of aldehydes is 1. The van der Waals surface area contributed by atoms with Gasteiger partial charge in [-0.05, 0) is 24.3 Å². The Labute approximate surface area is 104 Å². The summed E-state index contributed by atoms with van der Waals surface area (Å²) in [5.41, 5.74) is 2.29. The van der Waals surface area contributed by atoms with Crippen molar-refractivity contribution >= 4 is 28.1 Å². The van der Waals surface area contributed by atoms with Gasteiger partial charge in [0, 0.05) is 16.3 Å². The molecule has 0 amide bonds. The molecular formula is C15H11NO2. The van der Waals surface area contributed by atoms with E-state index in [1.165, 1.54) is 0 Å². The molecule has 0 saturated heterocycles. The summed E-state index contributed by atoms with van der Waals surface area (Å²) in [5.74, 6) is 0.725. The number of methoxy groups -OCH3 is 1. The molecule has 0 unspecified atom stereocenters. The second kappa shape index (κ2) is 4.11. The van der Waals surface area contributed by atoms with Gasteiger partial charge in [0.15, 0.2) is 6.29 Å². The van der Waals surface area contributed by atoms with Crippen LogP contribution in [0.3, 0.4) is 0 Å². The summed E-state index contributed by atoms with van der Waals surface area (Å²) in [6.45, 7) is 0. The number of nitrogens with zero attached hydrogens (tertiary/aromatic N) is 1. The Bertz CT molecular complexity index is 750. The maximum atomic E-state index is 11.4. The first-order valence-electron chi connectivity index (χ1n) is 5.65. The average Bonchev–Trinajstić information content (AvgIpc) is 2.44. The molecule has 0 bridgehead atoms. The van der Waals surface area contributed by atoms with E-state index in [0.29, 0.717) is 5.56 Å². The molecule has 0 saturated carbocycles. The molecule has 0 radical (unpaired) electrons. The molecule has 0 atom stereocenters. The van der Waals surface area contributed by atoms with E-state index in [4.69, 9.17) is 4.74 Å². The number of ether oxygens (including phenoxy) is 1. The van der Waals surface area contributed by atoms with Gasteiger partial charge in [-0.2, -0.15) is 0 Å². The number of para-hydroxylation sites is 1. The highest BCUT2D eigenvalue weighted by atomic mass is 16.5. The maximum Gasteiger partial charge on any atom is 0.151 e. The Morgan fingerprint density at radius 2 is 1.83 bits per heavy atom. The zero-order valence-electron chi connectivity index (χ0n) is 9.88. The van der Waals surface area contributed by atoms with Crippen LogP contribution >= 0.6 is 0 Å². The van der Waals surface area contributed by atoms with Crippen LogP contribution in [0.15, 0.2) is 42.5 Å². The van der Waals surface area contributed by atoms with Crippen molar-refractivity contribution in [3.63, 3.8) is 0 Å². The summed E-state index contributed by atoms with van der Waals surface area (Å²) < 4.78 is 5.19. The topological polar surface area (TPSA) is 39.2 Å². The minimum absolute atomic E-state index is 0.662. The van der Waals surface area contributed by atoms with Crippen LogP contribution in [0.2, 0.25) is 0 Å². The SMILES string of the molecule is COc1ccc2nc3ccccc3c(C=O)c2c1. The van der Waals surface area contributed by atoms with E-state index < -0.39 is 0 Å². The molecule has 3 heteroatoms. The van der Waals surface area contributed by atoms with Crippen LogP contribution < -0.4 is 4.74 Å². The Morgan fingerprint density at radius 1 is 1.06 bits per heavy atom. The van der Waals surface area contributed by atoms with Gasteiger partial charge < -0.3 is 4.74 Å². The Hall–Kier alpha value is -2.42. The van der Waals surface area contributed by atoms with Crippen molar-refractivity contribution in [2.24, 2.45) is 0 Å². The third kappa shape index (κ3) is 1.52. The van der Waals surface area contributed by atoms with Gasteiger partial charge in [-0.15, -0.1) is 0 Å². The van der Waals surface area contributed by atoms with Crippen molar-refractivity contribution in [1.82, 2.24) is 4.98 Å². The second-order valence-corrected chi connectivity index (χ2v) is 4.04. The molecule has 0 spiro atoms. The fraction of sp³-hybridized carbons (Fsp3) is 0.0667. The van der Waals surface area contributed by atoms with Gasteiger partial charge in [0.25, 0.3) is 0 Å². The monoisotopic (exact) mass is 237 g/mol. The Morgan fingerprint density at radius 3 is 2.61 bits per heavy atom. The second-order valence-electron chi connectivity index (χ2n) is 4.04. The van der Waals surface area contributed by atoms with E-state index in [1.54, 1.807) is 7.11 Å². The molecule has 2 aromatic carbocycles. The van der Waals surface area contributed by atoms with Crippen molar-refractivity contribution in [3.05, 3.63) is 48.0 Å². The highest BCUT2D eigenvalue weighted by Crippen LogP contribution is 2.27. The highest BCUT2D eigenvalue weighted by Gasteiger charge is 2.08. The standard InChI is InChI=1S/C15H11NO2/c1-18-10-6-7-15-12(8-10)13(9-17)11-4-2-3-5-14(11)16-15/h2-9H,1H3. The van der Waals surface area contributed by atoms with Gasteiger partial charge in [-0.3, -0.25) is 4.79 Å². The molecule has 3 nitrogen and oxygen atoms in total. The summed E-state index contributed by atoms with van der Waals surface area (Å²) in [6.07, 6.45) is 0.881. The number of carbonyl (C=O) groups excluding carboxylic acids is 1. The predicted octanol–water partition coefficient (Wildman–Crippen LogP) is 3.21. The number of benzene rings is 2. The van der Waals surface area contributed by atoms with E-state index >= 15 is 0 Å². The highest BCUT2D eigenvalue weighted by molar-refractivity contribution is 6.09. The van der Waals surface area contributed by atoms with E-state index in [9.17, 15) is 4.79 Å². The molecule has 18 heavy (non-hydrogen) atoms. The molecule has 3 aromatic rings. The zero-order chi connectivity index (χ0) is 12.5. The van der Waals surface area contributed by atoms with Crippen LogP contribution in [0.5, 0.6) is 5.75 Å². The smallest absolute Gasteiger partial charge is 0.151 e. The summed E-state index contributed by atoms with van der Waals surface area (Å²) >= 11 is 0. The lowest BCUT2D eigenvalue weighted by atomic mass is 10.0. The van der Waals surface area contributed by atoms with Crippen molar-refractivity contribution < 1.29 is 9.53 Å². The number of fused-ring (bicyclic) bond motifs is 2. The normalized spacial score (nSPS) is 10.7. The van der Waals surface area contributed by atoms with E-state index in [-0.39, 0.29) is 0 Å². The fourth-order valence-corrected chi connectivity index (χ4v) is 2.16. The summed E-state index contributed by atoms with van der Waals surface area (Å²) in [5, 5.41) is 1.69. The number of hydrogen-bond acceptors (Lipinski definition) is 3. The molecule has 0 aliphatic carbocycles. The number of hydrogen-bond donors (Lipinski definition) is 0. The fourth-order valence-electron chi connectivity index (χ4n) is 2.16. The number of carbonyl (C=O) groups is 1. The van der Waals surface area contributed by atoms with Crippen LogP contribution in [-0.2, 0) is 0 Å². The van der Waals surface area contributed by atoms with Gasteiger partial charge in [0.1, 0.15) is 5.75 Å². The molecule has 88 valence electrons. The lowest BCUT2D eigenvalue weighted by molar-refractivity contribution is 0.112. The van der Waals surface area contributed by atoms with Gasteiger partial charge in [-0.25, -0.2) is 4.98 Å². The third-order valence-corrected chi connectivity index (χ3v) is 3.05. The first-order chi connectivity index (χ1) is 8.83. The third-order valence-electron chi connectivity index (χ3n) is 3.05. The largest absolute Gasteiger partial charge is 0.497 e. The van der Waals surface area contributed by atoms with Crippen LogP contribution in [-0.4, -0.2) is 18.4 Å². The van der Waals surface area contributed by atoms with Crippen molar-refractivity contribution in [2.45, 2.75) is 0 Å². The van der Waals surface area contributed by atoms with Crippen molar-refractivity contribution in [3.8, 4) is 5.75 Å². The van der Waals surface area contributed by atoms with Crippen LogP contribution in [0.4, 0.5) is 0 Å². The van der Waals surface area contributed by atoms with E-state index in [2.05, 4.69) is 4.98 Å². The van der Waals surface area contributed by atoms with Gasteiger partial charge >= 0.3 is 0 Å². The van der Waals surface area contributed by atoms with Crippen molar-refractivity contribution in [2.75, 3.05) is 7.11 Å². The van der Waals surface area contributed by atoms with E-state index in [1.807, 2.05) is 42.5 Å². The molecule has 1 aromatic heterocycles. The average molecular weight is 237 g/mol. The lowest BCUT2D eigenvalue weighted by Gasteiger charge is -2.07. The molecule has 1 heterocycles. The number of rotatable bonds is 2. The van der Waals surface area contributed by atoms with Crippen LogP contribution in [0.1, 0.15) is 10.4 Å². The molecular weight excluding hydrogens is 226 g/mol. The quantitative estimate of drug-likeness (QED) is 0.507. The molecule has 0 fully saturated rings. The summed E-state index contributed by atoms with van der Waals surface area (Å²) in [7, 11) is 1.61. The molecule has 0 aliphatic rings. The van der Waals surface area contributed by atoms with Gasteiger partial charge in [0.2, 0.25) is 0 Å². The van der Waals surface area contributed by atoms with Gasteiger partial charge in [-0.1, -0.05) is 18.2 Å². The van der Waals surface area contributed by atoms with Crippen molar-refractivity contribution in [1.29, 1.82) is 0 Å². The number of pyridine rings is 1.